The average molecular weight is 291 g/mol. The number of benzene rings is 1. The standard InChI is InChI=1S/C17H25NO3/c1-2-12-20-15-5-3-14(4-6-15)17(19)9-13-21-16-7-10-18-11-8-16/h3-6,16,18H,2,7-13H2,1H3. The third-order valence-corrected chi connectivity index (χ3v) is 3.62. The molecule has 116 valence electrons. The summed E-state index contributed by atoms with van der Waals surface area (Å²) in [6.45, 7) is 5.31. The first-order valence-corrected chi connectivity index (χ1v) is 7.88. The van der Waals surface area contributed by atoms with Crippen molar-refractivity contribution in [3.05, 3.63) is 29.8 Å². The van der Waals surface area contributed by atoms with Crippen LogP contribution in [0.3, 0.4) is 0 Å². The van der Waals surface area contributed by atoms with Crippen molar-refractivity contribution in [3.8, 4) is 5.75 Å². The minimum absolute atomic E-state index is 0.131. The van der Waals surface area contributed by atoms with E-state index in [1.807, 2.05) is 24.3 Å². The summed E-state index contributed by atoms with van der Waals surface area (Å²) in [4.78, 5) is 12.1. The Hall–Kier alpha value is -1.39. The molecule has 0 atom stereocenters. The van der Waals surface area contributed by atoms with E-state index < -0.39 is 0 Å². The molecule has 1 saturated heterocycles. The van der Waals surface area contributed by atoms with Crippen LogP contribution in [0.1, 0.15) is 43.0 Å². The largest absolute Gasteiger partial charge is 0.494 e. The Balaban J connectivity index is 1.72. The highest BCUT2D eigenvalue weighted by Crippen LogP contribution is 2.14. The molecule has 1 fully saturated rings. The second kappa shape index (κ2) is 8.80. The van der Waals surface area contributed by atoms with Gasteiger partial charge in [-0.1, -0.05) is 6.92 Å². The van der Waals surface area contributed by atoms with E-state index in [1.54, 1.807) is 0 Å². The van der Waals surface area contributed by atoms with Crippen LogP contribution in [0.2, 0.25) is 0 Å². The van der Waals surface area contributed by atoms with Crippen molar-refractivity contribution in [3.63, 3.8) is 0 Å². The number of nitrogens with one attached hydrogen (secondary N) is 1. The van der Waals surface area contributed by atoms with Crippen LogP contribution in [0, 0.1) is 0 Å². The van der Waals surface area contributed by atoms with Crippen LogP contribution in [0.25, 0.3) is 0 Å². The number of carbonyl (C=O) groups is 1. The molecule has 4 nitrogen and oxygen atoms in total. The Kier molecular flexibility index (Phi) is 6.70. The quantitative estimate of drug-likeness (QED) is 0.748. The van der Waals surface area contributed by atoms with Gasteiger partial charge in [0.05, 0.1) is 19.3 Å². The van der Waals surface area contributed by atoms with Crippen molar-refractivity contribution in [1.29, 1.82) is 0 Å². The summed E-state index contributed by atoms with van der Waals surface area (Å²) >= 11 is 0. The van der Waals surface area contributed by atoms with E-state index in [2.05, 4.69) is 12.2 Å². The van der Waals surface area contributed by atoms with Crippen LogP contribution >= 0.6 is 0 Å². The number of carbonyl (C=O) groups excluding carboxylic acids is 1. The third kappa shape index (κ3) is 5.48. The van der Waals surface area contributed by atoms with E-state index in [0.29, 0.717) is 25.7 Å². The molecule has 1 aromatic carbocycles. The fourth-order valence-electron chi connectivity index (χ4n) is 2.38. The fraction of sp³-hybridized carbons (Fsp3) is 0.588. The van der Waals surface area contributed by atoms with Crippen molar-refractivity contribution >= 4 is 5.78 Å². The number of Topliss-reactive ketones (excluding diaryl/α,β-unsaturated/α-hetero) is 1. The maximum absolute atomic E-state index is 12.1. The van der Waals surface area contributed by atoms with Crippen LogP contribution < -0.4 is 10.1 Å². The molecule has 0 aliphatic carbocycles. The topological polar surface area (TPSA) is 47.6 Å². The number of rotatable bonds is 8. The van der Waals surface area contributed by atoms with Gasteiger partial charge in [0, 0.05) is 12.0 Å². The van der Waals surface area contributed by atoms with E-state index in [0.717, 1.165) is 43.7 Å². The second-order valence-electron chi connectivity index (χ2n) is 5.37. The van der Waals surface area contributed by atoms with E-state index in [4.69, 9.17) is 9.47 Å². The molecule has 1 aliphatic heterocycles. The van der Waals surface area contributed by atoms with Gasteiger partial charge in [-0.15, -0.1) is 0 Å². The van der Waals surface area contributed by atoms with Gasteiger partial charge in [-0.2, -0.15) is 0 Å². The molecule has 1 aromatic rings. The molecule has 21 heavy (non-hydrogen) atoms. The van der Waals surface area contributed by atoms with Gasteiger partial charge < -0.3 is 14.8 Å². The molecule has 0 radical (unpaired) electrons. The van der Waals surface area contributed by atoms with Crippen LogP contribution in [-0.4, -0.2) is 38.2 Å². The first-order valence-electron chi connectivity index (χ1n) is 7.88. The van der Waals surface area contributed by atoms with Crippen molar-refractivity contribution in [2.24, 2.45) is 0 Å². The maximum Gasteiger partial charge on any atom is 0.165 e. The normalized spacial score (nSPS) is 15.9. The molecule has 0 amide bonds. The number of piperidine rings is 1. The summed E-state index contributed by atoms with van der Waals surface area (Å²) < 4.78 is 11.3. The minimum Gasteiger partial charge on any atom is -0.494 e. The predicted octanol–water partition coefficient (Wildman–Crippen LogP) is 2.82. The van der Waals surface area contributed by atoms with Gasteiger partial charge in [-0.3, -0.25) is 4.79 Å². The molecule has 0 aromatic heterocycles. The Morgan fingerprint density at radius 3 is 2.57 bits per heavy atom. The highest BCUT2D eigenvalue weighted by molar-refractivity contribution is 5.96. The molecule has 1 N–H and O–H groups in total. The molecule has 2 rings (SSSR count). The molecule has 0 saturated carbocycles. The molecule has 0 bridgehead atoms. The Morgan fingerprint density at radius 2 is 1.90 bits per heavy atom. The lowest BCUT2D eigenvalue weighted by molar-refractivity contribution is 0.0313. The summed E-state index contributed by atoms with van der Waals surface area (Å²) in [6, 6.07) is 7.38. The third-order valence-electron chi connectivity index (χ3n) is 3.62. The van der Waals surface area contributed by atoms with Gasteiger partial charge in [0.2, 0.25) is 0 Å². The zero-order valence-electron chi connectivity index (χ0n) is 12.8. The molecule has 1 aliphatic rings. The lowest BCUT2D eigenvalue weighted by Gasteiger charge is -2.22. The summed E-state index contributed by atoms with van der Waals surface area (Å²) in [5.41, 5.74) is 0.729. The van der Waals surface area contributed by atoms with Crippen LogP contribution in [-0.2, 0) is 4.74 Å². The van der Waals surface area contributed by atoms with Gasteiger partial charge in [-0.05, 0) is 56.6 Å². The number of ether oxygens (including phenoxy) is 2. The van der Waals surface area contributed by atoms with Crippen molar-refractivity contribution < 1.29 is 14.3 Å². The second-order valence-corrected chi connectivity index (χ2v) is 5.37. The number of ketones is 1. The van der Waals surface area contributed by atoms with Crippen LogP contribution in [0.4, 0.5) is 0 Å². The molecule has 4 heteroatoms. The molecule has 1 heterocycles. The van der Waals surface area contributed by atoms with Crippen LogP contribution in [0.15, 0.2) is 24.3 Å². The minimum atomic E-state index is 0.131. The summed E-state index contributed by atoms with van der Waals surface area (Å²) in [5.74, 6) is 0.949. The van der Waals surface area contributed by atoms with E-state index in [9.17, 15) is 4.79 Å². The zero-order valence-corrected chi connectivity index (χ0v) is 12.8. The Morgan fingerprint density at radius 1 is 1.19 bits per heavy atom. The number of hydrogen-bond donors (Lipinski definition) is 1. The summed E-state index contributed by atoms with van der Waals surface area (Å²) in [5, 5.41) is 3.30. The van der Waals surface area contributed by atoms with E-state index in [1.165, 1.54) is 0 Å². The average Bonchev–Trinajstić information content (AvgIpc) is 2.54. The highest BCUT2D eigenvalue weighted by Gasteiger charge is 2.14. The van der Waals surface area contributed by atoms with Crippen molar-refractivity contribution in [2.75, 3.05) is 26.3 Å². The molecule has 0 unspecified atom stereocenters. The van der Waals surface area contributed by atoms with Gasteiger partial charge in [0.25, 0.3) is 0 Å². The molecular formula is C17H25NO3. The van der Waals surface area contributed by atoms with Crippen molar-refractivity contribution in [1.82, 2.24) is 5.32 Å². The van der Waals surface area contributed by atoms with Crippen molar-refractivity contribution in [2.45, 2.75) is 38.7 Å². The molecular weight excluding hydrogens is 266 g/mol. The Labute approximate surface area is 126 Å². The lowest BCUT2D eigenvalue weighted by Crippen LogP contribution is -2.32. The lowest BCUT2D eigenvalue weighted by atomic mass is 10.1. The van der Waals surface area contributed by atoms with Crippen LogP contribution in [0.5, 0.6) is 5.75 Å². The maximum atomic E-state index is 12.1. The Bertz CT molecular complexity index is 424. The predicted molar refractivity (Wildman–Crippen MR) is 83.0 cm³/mol. The SMILES string of the molecule is CCCOc1ccc(C(=O)CCOC2CCNCC2)cc1. The summed E-state index contributed by atoms with van der Waals surface area (Å²) in [7, 11) is 0. The monoisotopic (exact) mass is 291 g/mol. The number of hydrogen-bond acceptors (Lipinski definition) is 4. The summed E-state index contributed by atoms with van der Waals surface area (Å²) in [6.07, 6.45) is 3.81. The molecule has 0 spiro atoms. The van der Waals surface area contributed by atoms with Gasteiger partial charge >= 0.3 is 0 Å². The fourth-order valence-corrected chi connectivity index (χ4v) is 2.38. The van der Waals surface area contributed by atoms with Gasteiger partial charge in [-0.25, -0.2) is 0 Å². The van der Waals surface area contributed by atoms with E-state index >= 15 is 0 Å². The highest BCUT2D eigenvalue weighted by atomic mass is 16.5. The van der Waals surface area contributed by atoms with Gasteiger partial charge in [0.1, 0.15) is 5.75 Å². The smallest absolute Gasteiger partial charge is 0.165 e. The van der Waals surface area contributed by atoms with Gasteiger partial charge in [0.15, 0.2) is 5.78 Å². The first kappa shape index (κ1) is 16.0. The zero-order chi connectivity index (χ0) is 14.9. The van der Waals surface area contributed by atoms with E-state index in [-0.39, 0.29) is 5.78 Å². The first-order chi connectivity index (χ1) is 10.3.